The predicted molar refractivity (Wildman–Crippen MR) is 66.4 cm³/mol. The lowest BCUT2D eigenvalue weighted by atomic mass is 10.3. The van der Waals surface area contributed by atoms with Gasteiger partial charge in [0.05, 0.1) is 4.92 Å². The molecule has 0 N–H and O–H groups in total. The highest BCUT2D eigenvalue weighted by atomic mass is 16.6. The van der Waals surface area contributed by atoms with Gasteiger partial charge in [-0.05, 0) is 13.8 Å². The summed E-state index contributed by atoms with van der Waals surface area (Å²) in [5.74, 6) is -0.0519. The molecule has 0 amide bonds. The van der Waals surface area contributed by atoms with Gasteiger partial charge in [-0.15, -0.1) is 0 Å². The molecule has 0 aliphatic carbocycles. The van der Waals surface area contributed by atoms with Gasteiger partial charge in [-0.3, -0.25) is 19.6 Å². The average Bonchev–Trinajstić information content (AvgIpc) is 2.95. The van der Waals surface area contributed by atoms with E-state index in [0.29, 0.717) is 11.4 Å². The van der Waals surface area contributed by atoms with Crippen molar-refractivity contribution in [3.63, 3.8) is 0 Å². The van der Waals surface area contributed by atoms with E-state index < -0.39 is 4.92 Å². The largest absolute Gasteiger partial charge is 0.331 e. The number of hydrogen-bond donors (Lipinski definition) is 0. The van der Waals surface area contributed by atoms with E-state index in [1.54, 1.807) is 20.8 Å². The minimum Gasteiger partial charge on any atom is -0.331 e. The van der Waals surface area contributed by atoms with Crippen LogP contribution in [0.2, 0.25) is 0 Å². The normalized spacial score (nSPS) is 10.8. The van der Waals surface area contributed by atoms with Crippen LogP contribution in [0.5, 0.6) is 0 Å². The van der Waals surface area contributed by atoms with E-state index in [4.69, 9.17) is 4.52 Å². The number of nitro groups is 1. The Morgan fingerprint density at radius 2 is 2.15 bits per heavy atom. The van der Waals surface area contributed by atoms with Gasteiger partial charge in [0.1, 0.15) is 17.9 Å². The second-order valence-corrected chi connectivity index (χ2v) is 4.23. The zero-order valence-electron chi connectivity index (χ0n) is 11.3. The first-order chi connectivity index (χ1) is 9.43. The van der Waals surface area contributed by atoms with E-state index in [9.17, 15) is 14.9 Å². The Kier molecular flexibility index (Phi) is 3.59. The molecule has 106 valence electrons. The van der Waals surface area contributed by atoms with Crippen LogP contribution in [0, 0.1) is 24.0 Å². The van der Waals surface area contributed by atoms with Crippen LogP contribution in [-0.2, 0) is 6.54 Å². The van der Waals surface area contributed by atoms with Gasteiger partial charge in [0, 0.05) is 6.42 Å². The molecule has 0 aliphatic heterocycles. The molecule has 0 spiro atoms. The van der Waals surface area contributed by atoms with Gasteiger partial charge < -0.3 is 4.52 Å². The fourth-order valence-electron chi connectivity index (χ4n) is 1.82. The number of hydrogen-bond acceptors (Lipinski definition) is 7. The van der Waals surface area contributed by atoms with Gasteiger partial charge in [-0.1, -0.05) is 12.1 Å². The lowest BCUT2D eigenvalue weighted by molar-refractivity contribution is -0.386. The van der Waals surface area contributed by atoms with Crippen molar-refractivity contribution in [2.75, 3.05) is 0 Å². The van der Waals surface area contributed by atoms with Crippen molar-refractivity contribution in [2.24, 2.45) is 0 Å². The monoisotopic (exact) mass is 279 g/mol. The van der Waals surface area contributed by atoms with Crippen LogP contribution in [0.4, 0.5) is 5.69 Å². The molecule has 0 atom stereocenters. The summed E-state index contributed by atoms with van der Waals surface area (Å²) in [6.07, 6.45) is 0.271. The molecule has 0 saturated heterocycles. The third-order valence-corrected chi connectivity index (χ3v) is 2.84. The number of aryl methyl sites for hydroxylation is 1. The third-order valence-electron chi connectivity index (χ3n) is 2.84. The fraction of sp³-hybridized carbons (Fsp3) is 0.455. The zero-order valence-corrected chi connectivity index (χ0v) is 11.3. The van der Waals surface area contributed by atoms with Gasteiger partial charge in [-0.25, -0.2) is 0 Å². The molecule has 0 saturated carbocycles. The van der Waals surface area contributed by atoms with Crippen molar-refractivity contribution in [1.29, 1.82) is 0 Å². The quantitative estimate of drug-likeness (QED) is 0.461. The second kappa shape index (κ2) is 5.19. The molecule has 9 nitrogen and oxygen atoms in total. The van der Waals surface area contributed by atoms with Crippen LogP contribution in [0.25, 0.3) is 0 Å². The minimum absolute atomic E-state index is 0.0293. The summed E-state index contributed by atoms with van der Waals surface area (Å²) in [4.78, 5) is 25.8. The summed E-state index contributed by atoms with van der Waals surface area (Å²) >= 11 is 0. The predicted octanol–water partition coefficient (Wildman–Crippen LogP) is 1.43. The Bertz CT molecular complexity index is 672. The third kappa shape index (κ3) is 2.42. The Balaban J connectivity index is 2.27. The van der Waals surface area contributed by atoms with Crippen molar-refractivity contribution in [3.8, 4) is 0 Å². The van der Waals surface area contributed by atoms with E-state index in [1.165, 1.54) is 4.68 Å². The maximum absolute atomic E-state index is 11.4. The molecular weight excluding hydrogens is 266 g/mol. The van der Waals surface area contributed by atoms with E-state index in [0.717, 1.165) is 0 Å². The van der Waals surface area contributed by atoms with E-state index in [-0.39, 0.29) is 36.2 Å². The molecule has 20 heavy (non-hydrogen) atoms. The number of carbonyl (C=O) groups is 1. The van der Waals surface area contributed by atoms with Crippen LogP contribution in [0.15, 0.2) is 4.52 Å². The maximum Gasteiger partial charge on any atom is 0.312 e. The molecule has 2 heterocycles. The highest BCUT2D eigenvalue weighted by Gasteiger charge is 2.23. The first kappa shape index (κ1) is 13.8. The summed E-state index contributed by atoms with van der Waals surface area (Å²) in [5, 5.41) is 18.6. The Labute approximate surface area is 113 Å². The number of carbonyl (C=O) groups excluding carboxylic acids is 1. The molecule has 0 bridgehead atoms. The van der Waals surface area contributed by atoms with E-state index in [2.05, 4.69) is 15.2 Å². The van der Waals surface area contributed by atoms with Crippen molar-refractivity contribution >= 4 is 11.5 Å². The standard InChI is InChI=1S/C11H13N5O4/c1-4-8(17)11-12-9(14-20-11)5-15-7(3)10(16(18)19)6(2)13-15/h4-5H2,1-3H3. The van der Waals surface area contributed by atoms with Crippen LogP contribution in [-0.4, -0.2) is 30.6 Å². The molecule has 0 aliphatic rings. The van der Waals surface area contributed by atoms with Gasteiger partial charge in [0.25, 0.3) is 5.89 Å². The molecule has 9 heteroatoms. The zero-order chi connectivity index (χ0) is 14.9. The number of ketones is 1. The topological polar surface area (TPSA) is 117 Å². The minimum atomic E-state index is -0.476. The smallest absolute Gasteiger partial charge is 0.312 e. The number of rotatable bonds is 5. The van der Waals surface area contributed by atoms with Crippen molar-refractivity contribution in [3.05, 3.63) is 33.2 Å². The molecular formula is C11H13N5O4. The number of aromatic nitrogens is 4. The first-order valence-electron chi connectivity index (χ1n) is 5.98. The Morgan fingerprint density at radius 3 is 2.70 bits per heavy atom. The van der Waals surface area contributed by atoms with Crippen LogP contribution in [0.1, 0.15) is 41.2 Å². The van der Waals surface area contributed by atoms with Crippen LogP contribution >= 0.6 is 0 Å². The highest BCUT2D eigenvalue weighted by molar-refractivity contribution is 5.91. The number of nitrogens with zero attached hydrogens (tertiary/aromatic N) is 5. The molecule has 2 aromatic rings. The van der Waals surface area contributed by atoms with Crippen LogP contribution in [0.3, 0.4) is 0 Å². The number of Topliss-reactive ketones (excluding diaryl/α,β-unsaturated/α-hetero) is 1. The molecule has 2 rings (SSSR count). The average molecular weight is 279 g/mol. The summed E-state index contributed by atoms with van der Waals surface area (Å²) in [7, 11) is 0. The molecule has 0 radical (unpaired) electrons. The lowest BCUT2D eigenvalue weighted by Gasteiger charge is -1.98. The molecule has 0 unspecified atom stereocenters. The van der Waals surface area contributed by atoms with Gasteiger partial charge in [-0.2, -0.15) is 10.1 Å². The maximum atomic E-state index is 11.4. The lowest BCUT2D eigenvalue weighted by Crippen LogP contribution is -2.06. The summed E-state index contributed by atoms with van der Waals surface area (Å²) < 4.78 is 6.24. The molecule has 0 fully saturated rings. The summed E-state index contributed by atoms with van der Waals surface area (Å²) in [6, 6.07) is 0. The second-order valence-electron chi connectivity index (χ2n) is 4.23. The van der Waals surface area contributed by atoms with Crippen LogP contribution < -0.4 is 0 Å². The van der Waals surface area contributed by atoms with Crippen molar-refractivity contribution < 1.29 is 14.2 Å². The molecule has 2 aromatic heterocycles. The Hall–Kier alpha value is -2.58. The van der Waals surface area contributed by atoms with E-state index in [1.807, 2.05) is 0 Å². The summed E-state index contributed by atoms with van der Waals surface area (Å²) in [6.45, 7) is 4.96. The first-order valence-corrected chi connectivity index (χ1v) is 5.98. The summed E-state index contributed by atoms with van der Waals surface area (Å²) in [5.41, 5.74) is 0.694. The highest BCUT2D eigenvalue weighted by Crippen LogP contribution is 2.22. The molecule has 0 aromatic carbocycles. The SMILES string of the molecule is CCC(=O)c1nc(Cn2nc(C)c([N+](=O)[O-])c2C)no1. The Morgan fingerprint density at radius 1 is 1.45 bits per heavy atom. The van der Waals surface area contributed by atoms with Gasteiger partial charge >= 0.3 is 5.69 Å². The fourth-order valence-corrected chi connectivity index (χ4v) is 1.82. The van der Waals surface area contributed by atoms with Crippen molar-refractivity contribution in [1.82, 2.24) is 19.9 Å². The van der Waals surface area contributed by atoms with Crippen molar-refractivity contribution in [2.45, 2.75) is 33.7 Å². The van der Waals surface area contributed by atoms with Gasteiger partial charge in [0.2, 0.25) is 5.78 Å². The van der Waals surface area contributed by atoms with E-state index >= 15 is 0 Å². The van der Waals surface area contributed by atoms with Gasteiger partial charge in [0.15, 0.2) is 5.82 Å².